The van der Waals surface area contributed by atoms with Gasteiger partial charge in [0.1, 0.15) is 5.76 Å². The van der Waals surface area contributed by atoms with Gasteiger partial charge in [0.25, 0.3) is 0 Å². The van der Waals surface area contributed by atoms with Crippen LogP contribution in [0.3, 0.4) is 0 Å². The number of hydrogen-bond acceptors (Lipinski definition) is 2. The van der Waals surface area contributed by atoms with Crippen molar-refractivity contribution < 1.29 is 4.42 Å². The van der Waals surface area contributed by atoms with Gasteiger partial charge in [-0.15, -0.1) is 0 Å². The van der Waals surface area contributed by atoms with Crippen molar-refractivity contribution in [2.75, 3.05) is 7.05 Å². The third-order valence-electron chi connectivity index (χ3n) is 2.98. The van der Waals surface area contributed by atoms with Crippen LogP contribution in [-0.4, -0.2) is 7.05 Å². The molecule has 3 heteroatoms. The van der Waals surface area contributed by atoms with E-state index in [0.717, 1.165) is 12.2 Å². The molecule has 2 aromatic rings. The Balaban J connectivity index is 2.16. The van der Waals surface area contributed by atoms with E-state index in [4.69, 9.17) is 4.42 Å². The van der Waals surface area contributed by atoms with Gasteiger partial charge in [0.05, 0.1) is 6.26 Å². The topological polar surface area (TPSA) is 25.2 Å². The van der Waals surface area contributed by atoms with Crippen LogP contribution in [0.4, 0.5) is 0 Å². The molecule has 1 atom stereocenters. The van der Waals surface area contributed by atoms with Crippen molar-refractivity contribution in [3.63, 3.8) is 0 Å². The SMILES string of the molecule is CNC(Cc1ccc(I)cc1)c1ccoc1C. The predicted octanol–water partition coefficient (Wildman–Crippen LogP) is 3.70. The van der Waals surface area contributed by atoms with Crippen LogP contribution in [0.5, 0.6) is 0 Å². The van der Waals surface area contributed by atoms with Gasteiger partial charge in [-0.2, -0.15) is 0 Å². The zero-order valence-corrected chi connectivity index (χ0v) is 12.2. The molecule has 0 amide bonds. The Morgan fingerprint density at radius 3 is 2.47 bits per heavy atom. The lowest BCUT2D eigenvalue weighted by molar-refractivity contribution is 0.512. The zero-order chi connectivity index (χ0) is 12.3. The van der Waals surface area contributed by atoms with Crippen molar-refractivity contribution >= 4 is 22.6 Å². The van der Waals surface area contributed by atoms with Gasteiger partial charge in [-0.3, -0.25) is 0 Å². The summed E-state index contributed by atoms with van der Waals surface area (Å²) in [5.74, 6) is 0.995. The van der Waals surface area contributed by atoms with Crippen molar-refractivity contribution in [3.8, 4) is 0 Å². The van der Waals surface area contributed by atoms with Crippen LogP contribution in [0.1, 0.15) is 22.9 Å². The number of rotatable bonds is 4. The van der Waals surface area contributed by atoms with E-state index in [1.54, 1.807) is 6.26 Å². The summed E-state index contributed by atoms with van der Waals surface area (Å²) >= 11 is 2.32. The molecule has 0 spiro atoms. The standard InChI is InChI=1S/C14H16INO/c1-10-13(7-8-17-10)14(16-2)9-11-3-5-12(15)6-4-11/h3-8,14,16H,9H2,1-2H3. The minimum Gasteiger partial charge on any atom is -0.469 e. The lowest BCUT2D eigenvalue weighted by atomic mass is 10.00. The molecule has 0 fully saturated rings. The number of furan rings is 1. The monoisotopic (exact) mass is 341 g/mol. The molecule has 0 saturated carbocycles. The summed E-state index contributed by atoms with van der Waals surface area (Å²) in [6, 6.07) is 11.0. The first-order valence-corrected chi connectivity index (χ1v) is 6.74. The Bertz CT molecular complexity index is 475. The van der Waals surface area contributed by atoms with Crippen LogP contribution in [0.15, 0.2) is 41.0 Å². The quantitative estimate of drug-likeness (QED) is 0.858. The molecule has 0 saturated heterocycles. The Hall–Kier alpha value is -0.810. The fourth-order valence-electron chi connectivity index (χ4n) is 1.98. The summed E-state index contributed by atoms with van der Waals surface area (Å²) in [5, 5.41) is 3.35. The summed E-state index contributed by atoms with van der Waals surface area (Å²) in [4.78, 5) is 0. The maximum atomic E-state index is 5.36. The highest BCUT2D eigenvalue weighted by Gasteiger charge is 2.14. The second-order valence-corrected chi connectivity index (χ2v) is 5.35. The highest BCUT2D eigenvalue weighted by atomic mass is 127. The van der Waals surface area contributed by atoms with E-state index in [2.05, 4.69) is 52.2 Å². The number of halogens is 1. The van der Waals surface area contributed by atoms with E-state index >= 15 is 0 Å². The number of nitrogens with one attached hydrogen (secondary N) is 1. The normalized spacial score (nSPS) is 12.6. The minimum absolute atomic E-state index is 0.314. The maximum Gasteiger partial charge on any atom is 0.105 e. The molecule has 0 aliphatic carbocycles. The van der Waals surface area contributed by atoms with Gasteiger partial charge in [-0.05, 0) is 66.7 Å². The first-order chi connectivity index (χ1) is 8.20. The van der Waals surface area contributed by atoms with Gasteiger partial charge in [0, 0.05) is 15.2 Å². The molecule has 90 valence electrons. The van der Waals surface area contributed by atoms with Gasteiger partial charge >= 0.3 is 0 Å². The van der Waals surface area contributed by atoms with Crippen molar-refractivity contribution in [3.05, 3.63) is 57.1 Å². The number of benzene rings is 1. The molecule has 1 heterocycles. The number of hydrogen-bond donors (Lipinski definition) is 1. The van der Waals surface area contributed by atoms with E-state index in [-0.39, 0.29) is 0 Å². The Morgan fingerprint density at radius 1 is 1.24 bits per heavy atom. The number of likely N-dealkylation sites (N-methyl/N-ethyl adjacent to an activating group) is 1. The first-order valence-electron chi connectivity index (χ1n) is 5.66. The van der Waals surface area contributed by atoms with Crippen molar-refractivity contribution in [2.24, 2.45) is 0 Å². The molecule has 0 aliphatic heterocycles. The lowest BCUT2D eigenvalue weighted by Gasteiger charge is -2.15. The maximum absolute atomic E-state index is 5.36. The van der Waals surface area contributed by atoms with Crippen LogP contribution in [0.2, 0.25) is 0 Å². The Labute approximate surface area is 116 Å². The first kappa shape index (κ1) is 12.6. The van der Waals surface area contributed by atoms with Gasteiger partial charge < -0.3 is 9.73 Å². The Morgan fingerprint density at radius 2 is 1.94 bits per heavy atom. The molecule has 1 aromatic heterocycles. The van der Waals surface area contributed by atoms with Crippen molar-refractivity contribution in [1.29, 1.82) is 0 Å². The molecular formula is C14H16INO. The minimum atomic E-state index is 0.314. The summed E-state index contributed by atoms with van der Waals surface area (Å²) in [6.45, 7) is 2.01. The van der Waals surface area contributed by atoms with Crippen LogP contribution in [0.25, 0.3) is 0 Å². The average Bonchev–Trinajstić information content (AvgIpc) is 2.75. The molecule has 2 nitrogen and oxygen atoms in total. The summed E-state index contributed by atoms with van der Waals surface area (Å²) in [5.41, 5.74) is 2.58. The van der Waals surface area contributed by atoms with E-state index in [0.29, 0.717) is 6.04 Å². The van der Waals surface area contributed by atoms with Gasteiger partial charge in [0.15, 0.2) is 0 Å². The molecule has 17 heavy (non-hydrogen) atoms. The lowest BCUT2D eigenvalue weighted by Crippen LogP contribution is -2.19. The fraction of sp³-hybridized carbons (Fsp3) is 0.286. The molecule has 0 bridgehead atoms. The molecule has 1 N–H and O–H groups in total. The summed E-state index contributed by atoms with van der Waals surface area (Å²) in [6.07, 6.45) is 2.73. The van der Waals surface area contributed by atoms with Crippen molar-refractivity contribution in [1.82, 2.24) is 5.32 Å². The van der Waals surface area contributed by atoms with Gasteiger partial charge in [0.2, 0.25) is 0 Å². The third kappa shape index (κ3) is 3.10. The second-order valence-electron chi connectivity index (χ2n) is 4.10. The Kier molecular flexibility index (Phi) is 4.23. The van der Waals surface area contributed by atoms with Gasteiger partial charge in [-0.1, -0.05) is 12.1 Å². The van der Waals surface area contributed by atoms with Gasteiger partial charge in [-0.25, -0.2) is 0 Å². The van der Waals surface area contributed by atoms with E-state index in [1.165, 1.54) is 14.7 Å². The molecule has 0 radical (unpaired) electrons. The highest BCUT2D eigenvalue weighted by molar-refractivity contribution is 14.1. The van der Waals surface area contributed by atoms with E-state index in [1.807, 2.05) is 20.0 Å². The predicted molar refractivity (Wildman–Crippen MR) is 78.1 cm³/mol. The highest BCUT2D eigenvalue weighted by Crippen LogP contribution is 2.22. The van der Waals surface area contributed by atoms with Crippen LogP contribution in [0, 0.1) is 10.5 Å². The van der Waals surface area contributed by atoms with E-state index in [9.17, 15) is 0 Å². The third-order valence-corrected chi connectivity index (χ3v) is 3.70. The average molecular weight is 341 g/mol. The molecule has 0 aliphatic rings. The van der Waals surface area contributed by atoms with E-state index < -0.39 is 0 Å². The smallest absolute Gasteiger partial charge is 0.105 e. The van der Waals surface area contributed by atoms with Crippen LogP contribution < -0.4 is 5.32 Å². The molecule has 1 unspecified atom stereocenters. The molecule has 2 rings (SSSR count). The summed E-state index contributed by atoms with van der Waals surface area (Å²) < 4.78 is 6.63. The number of aryl methyl sites for hydroxylation is 1. The van der Waals surface area contributed by atoms with Crippen LogP contribution >= 0.6 is 22.6 Å². The second kappa shape index (κ2) is 5.69. The van der Waals surface area contributed by atoms with Crippen molar-refractivity contribution in [2.45, 2.75) is 19.4 Å². The largest absolute Gasteiger partial charge is 0.469 e. The molecule has 1 aromatic carbocycles. The summed E-state index contributed by atoms with van der Waals surface area (Å²) in [7, 11) is 1.99. The molecular weight excluding hydrogens is 325 g/mol. The zero-order valence-electron chi connectivity index (χ0n) is 10.0. The fourth-order valence-corrected chi connectivity index (χ4v) is 2.34. The van der Waals surface area contributed by atoms with Crippen LogP contribution in [-0.2, 0) is 6.42 Å².